The molecular weight excluding hydrogens is 271 g/mol. The molecule has 1 saturated heterocycles. The summed E-state index contributed by atoms with van der Waals surface area (Å²) >= 11 is 12.0. The zero-order chi connectivity index (χ0) is 13.4. The Kier molecular flexibility index (Phi) is 4.15. The van der Waals surface area contributed by atoms with Gasteiger partial charge in [0.2, 0.25) is 5.91 Å². The lowest BCUT2D eigenvalue weighted by Gasteiger charge is -2.30. The van der Waals surface area contributed by atoms with Gasteiger partial charge in [-0.15, -0.1) is 23.2 Å². The van der Waals surface area contributed by atoms with Crippen LogP contribution in [-0.4, -0.2) is 41.3 Å². The van der Waals surface area contributed by atoms with Crippen LogP contribution in [0.1, 0.15) is 33.1 Å². The molecule has 1 aliphatic heterocycles. The van der Waals surface area contributed by atoms with Crippen LogP contribution in [0.5, 0.6) is 0 Å². The maximum absolute atomic E-state index is 11.9. The Labute approximate surface area is 119 Å². The second kappa shape index (κ2) is 5.18. The molecule has 3 nitrogen and oxygen atoms in total. The van der Waals surface area contributed by atoms with Crippen LogP contribution in [0.2, 0.25) is 0 Å². The molecule has 1 aliphatic carbocycles. The first-order valence-corrected chi connectivity index (χ1v) is 7.49. The molecule has 2 rings (SSSR count). The van der Waals surface area contributed by atoms with Gasteiger partial charge in [-0.1, -0.05) is 6.92 Å². The summed E-state index contributed by atoms with van der Waals surface area (Å²) in [5.74, 6) is 0.826. The van der Waals surface area contributed by atoms with Crippen LogP contribution in [0.15, 0.2) is 0 Å². The number of nitrogens with one attached hydrogen (secondary N) is 1. The summed E-state index contributed by atoms with van der Waals surface area (Å²) in [5, 5.41) is 2.95. The lowest BCUT2D eigenvalue weighted by atomic mass is 9.99. The van der Waals surface area contributed by atoms with Crippen molar-refractivity contribution in [3.63, 3.8) is 0 Å². The summed E-state index contributed by atoms with van der Waals surface area (Å²) in [6, 6.07) is 0. The maximum Gasteiger partial charge on any atom is 0.229 e. The molecule has 2 aliphatic rings. The Morgan fingerprint density at radius 2 is 1.94 bits per heavy atom. The Morgan fingerprint density at radius 1 is 1.39 bits per heavy atom. The third kappa shape index (κ3) is 2.94. The van der Waals surface area contributed by atoms with Gasteiger partial charge in [0.25, 0.3) is 0 Å². The smallest absolute Gasteiger partial charge is 0.229 e. The summed E-state index contributed by atoms with van der Waals surface area (Å²) in [6.07, 6.45) is 3.08. The number of nitrogens with zero attached hydrogens (tertiary/aromatic N) is 1. The van der Waals surface area contributed by atoms with Crippen LogP contribution < -0.4 is 5.32 Å². The van der Waals surface area contributed by atoms with E-state index in [1.54, 1.807) is 0 Å². The molecule has 5 heteroatoms. The second-order valence-corrected chi connectivity index (χ2v) is 7.48. The third-order valence-electron chi connectivity index (χ3n) is 4.35. The summed E-state index contributed by atoms with van der Waals surface area (Å²) < 4.78 is -0.863. The molecule has 1 amide bonds. The molecule has 1 N–H and O–H groups in total. The van der Waals surface area contributed by atoms with Gasteiger partial charge in [-0.2, -0.15) is 0 Å². The largest absolute Gasteiger partial charge is 0.354 e. The third-order valence-corrected chi connectivity index (χ3v) is 5.45. The van der Waals surface area contributed by atoms with E-state index in [0.717, 1.165) is 25.6 Å². The van der Waals surface area contributed by atoms with Gasteiger partial charge in [0.15, 0.2) is 0 Å². The van der Waals surface area contributed by atoms with Crippen LogP contribution in [0, 0.1) is 11.3 Å². The fraction of sp³-hybridized carbons (Fsp3) is 0.923. The van der Waals surface area contributed by atoms with Crippen LogP contribution >= 0.6 is 23.2 Å². The predicted molar refractivity (Wildman–Crippen MR) is 75.0 cm³/mol. The van der Waals surface area contributed by atoms with Gasteiger partial charge in [-0.25, -0.2) is 0 Å². The molecule has 1 heterocycles. The summed E-state index contributed by atoms with van der Waals surface area (Å²) in [5.41, 5.74) is -0.591. The number of likely N-dealkylation sites (tertiary alicyclic amines) is 1. The van der Waals surface area contributed by atoms with E-state index in [-0.39, 0.29) is 5.91 Å². The molecule has 1 atom stereocenters. The average molecular weight is 293 g/mol. The molecule has 0 radical (unpaired) electrons. The van der Waals surface area contributed by atoms with E-state index < -0.39 is 9.75 Å². The van der Waals surface area contributed by atoms with E-state index in [2.05, 4.69) is 17.1 Å². The van der Waals surface area contributed by atoms with Crippen molar-refractivity contribution in [3.8, 4) is 0 Å². The van der Waals surface area contributed by atoms with Crippen molar-refractivity contribution >= 4 is 29.1 Å². The molecule has 0 aromatic heterocycles. The highest BCUT2D eigenvalue weighted by Gasteiger charge is 2.67. The van der Waals surface area contributed by atoms with E-state index in [1.807, 2.05) is 6.92 Å². The van der Waals surface area contributed by atoms with E-state index in [1.165, 1.54) is 12.8 Å². The van der Waals surface area contributed by atoms with Crippen molar-refractivity contribution in [2.75, 3.05) is 26.2 Å². The highest BCUT2D eigenvalue weighted by atomic mass is 35.5. The van der Waals surface area contributed by atoms with Crippen molar-refractivity contribution in [1.82, 2.24) is 10.2 Å². The Balaban J connectivity index is 1.66. The molecule has 104 valence electrons. The van der Waals surface area contributed by atoms with Crippen molar-refractivity contribution in [2.24, 2.45) is 11.3 Å². The number of piperidine rings is 1. The van der Waals surface area contributed by atoms with E-state index >= 15 is 0 Å². The number of hydrogen-bond acceptors (Lipinski definition) is 2. The normalized spacial score (nSPS) is 32.2. The van der Waals surface area contributed by atoms with Gasteiger partial charge in [0.05, 0.1) is 5.41 Å². The molecule has 0 spiro atoms. The molecule has 0 aromatic carbocycles. The summed E-state index contributed by atoms with van der Waals surface area (Å²) in [4.78, 5) is 14.3. The SMILES string of the molecule is CC1CCN(CCNC(=O)C2(C)CC2(Cl)Cl)CC1. The van der Waals surface area contributed by atoms with E-state index in [4.69, 9.17) is 23.2 Å². The molecule has 2 fully saturated rings. The zero-order valence-electron chi connectivity index (χ0n) is 11.1. The minimum atomic E-state index is -0.863. The van der Waals surface area contributed by atoms with Crippen molar-refractivity contribution < 1.29 is 4.79 Å². The van der Waals surface area contributed by atoms with E-state index in [9.17, 15) is 4.79 Å². The quantitative estimate of drug-likeness (QED) is 0.807. The van der Waals surface area contributed by atoms with Gasteiger partial charge >= 0.3 is 0 Å². The maximum atomic E-state index is 11.9. The molecule has 1 saturated carbocycles. The minimum absolute atomic E-state index is 0.0159. The molecule has 0 aromatic rings. The van der Waals surface area contributed by atoms with Gasteiger partial charge in [-0.05, 0) is 45.2 Å². The topological polar surface area (TPSA) is 32.3 Å². The van der Waals surface area contributed by atoms with Crippen LogP contribution in [0.3, 0.4) is 0 Å². The Morgan fingerprint density at radius 3 is 2.44 bits per heavy atom. The standard InChI is InChI=1S/C13H22Cl2N2O/c1-10-3-6-17(7-4-10)8-5-16-11(18)12(2)9-13(12,14)15/h10H,3-9H2,1-2H3,(H,16,18). The van der Waals surface area contributed by atoms with Crippen molar-refractivity contribution in [2.45, 2.75) is 37.4 Å². The Bertz CT molecular complexity index is 327. The highest BCUT2D eigenvalue weighted by Crippen LogP contribution is 2.63. The van der Waals surface area contributed by atoms with Crippen LogP contribution in [-0.2, 0) is 4.79 Å². The monoisotopic (exact) mass is 292 g/mol. The van der Waals surface area contributed by atoms with Crippen LogP contribution in [0.25, 0.3) is 0 Å². The fourth-order valence-corrected chi connectivity index (χ4v) is 3.16. The van der Waals surface area contributed by atoms with Crippen molar-refractivity contribution in [3.05, 3.63) is 0 Å². The summed E-state index contributed by atoms with van der Waals surface area (Å²) in [7, 11) is 0. The molecular formula is C13H22Cl2N2O. The van der Waals surface area contributed by atoms with Gasteiger partial charge in [0, 0.05) is 13.1 Å². The minimum Gasteiger partial charge on any atom is -0.354 e. The fourth-order valence-electron chi connectivity index (χ4n) is 2.45. The molecule has 1 unspecified atom stereocenters. The number of alkyl halides is 2. The second-order valence-electron chi connectivity index (χ2n) is 5.99. The zero-order valence-corrected chi connectivity index (χ0v) is 12.7. The first-order chi connectivity index (χ1) is 8.35. The molecule has 0 bridgehead atoms. The number of carbonyl (C=O) groups excluding carboxylic acids is 1. The number of hydrogen-bond donors (Lipinski definition) is 1. The van der Waals surface area contributed by atoms with Gasteiger partial charge < -0.3 is 10.2 Å². The number of carbonyl (C=O) groups is 1. The van der Waals surface area contributed by atoms with Crippen LogP contribution in [0.4, 0.5) is 0 Å². The first-order valence-electron chi connectivity index (χ1n) is 6.74. The average Bonchev–Trinajstić information content (AvgIpc) is 2.82. The van der Waals surface area contributed by atoms with Crippen molar-refractivity contribution in [1.29, 1.82) is 0 Å². The summed E-state index contributed by atoms with van der Waals surface area (Å²) in [6.45, 7) is 8.02. The van der Waals surface area contributed by atoms with Gasteiger partial charge in [0.1, 0.15) is 4.33 Å². The van der Waals surface area contributed by atoms with E-state index in [0.29, 0.717) is 13.0 Å². The number of rotatable bonds is 4. The lowest BCUT2D eigenvalue weighted by molar-refractivity contribution is -0.125. The lowest BCUT2D eigenvalue weighted by Crippen LogP contribution is -2.41. The number of halogens is 2. The molecule has 18 heavy (non-hydrogen) atoms. The van der Waals surface area contributed by atoms with Gasteiger partial charge in [-0.3, -0.25) is 4.79 Å². The number of amides is 1. The Hall–Kier alpha value is 0.01000. The highest BCUT2D eigenvalue weighted by molar-refractivity contribution is 6.53. The first kappa shape index (κ1) is 14.4. The predicted octanol–water partition coefficient (Wildman–Crippen LogP) is 2.42.